The molecular formula is C46H53N3O8S. The zero-order valence-electron chi connectivity index (χ0n) is 32.6. The number of rotatable bonds is 25. The monoisotopic (exact) mass is 807 g/mol. The van der Waals surface area contributed by atoms with Crippen LogP contribution in [0.2, 0.25) is 0 Å². The van der Waals surface area contributed by atoms with Crippen molar-refractivity contribution < 1.29 is 38.5 Å². The first-order valence-electron chi connectivity index (χ1n) is 19.2. The van der Waals surface area contributed by atoms with Gasteiger partial charge in [-0.3, -0.25) is 9.59 Å². The molecule has 4 rings (SSSR count). The van der Waals surface area contributed by atoms with E-state index in [4.69, 9.17) is 14.2 Å². The molecule has 0 aromatic heterocycles. The van der Waals surface area contributed by atoms with Crippen molar-refractivity contribution in [2.45, 2.75) is 62.8 Å². The van der Waals surface area contributed by atoms with E-state index in [9.17, 15) is 24.3 Å². The number of esters is 1. The Labute approximate surface area is 345 Å². The Morgan fingerprint density at radius 1 is 0.672 bits per heavy atom. The van der Waals surface area contributed by atoms with Crippen molar-refractivity contribution in [1.82, 2.24) is 16.0 Å². The van der Waals surface area contributed by atoms with Crippen molar-refractivity contribution in [3.05, 3.63) is 163 Å². The number of hydrogen-bond donors (Lipinski definition) is 4. The maximum absolute atomic E-state index is 13.7. The molecule has 4 aromatic rings. The lowest BCUT2D eigenvalue weighted by atomic mass is 9.98. The van der Waals surface area contributed by atoms with Crippen molar-refractivity contribution in [2.75, 3.05) is 19.0 Å². The van der Waals surface area contributed by atoms with Gasteiger partial charge in [0, 0.05) is 17.9 Å². The summed E-state index contributed by atoms with van der Waals surface area (Å²) in [6.07, 6.45) is 2.81. The molecule has 0 bridgehead atoms. The van der Waals surface area contributed by atoms with Gasteiger partial charge in [-0.25, -0.2) is 9.59 Å². The molecule has 0 saturated heterocycles. The van der Waals surface area contributed by atoms with Gasteiger partial charge in [0.1, 0.15) is 31.6 Å². The van der Waals surface area contributed by atoms with Crippen LogP contribution in [-0.4, -0.2) is 66.1 Å². The summed E-state index contributed by atoms with van der Waals surface area (Å²) in [4.78, 5) is 52.7. The molecule has 3 amide bonds. The Morgan fingerprint density at radius 3 is 1.88 bits per heavy atom. The Bertz CT molecular complexity index is 1860. The van der Waals surface area contributed by atoms with E-state index >= 15 is 0 Å². The second-order valence-corrected chi connectivity index (χ2v) is 14.6. The van der Waals surface area contributed by atoms with Gasteiger partial charge in [-0.05, 0) is 53.6 Å². The van der Waals surface area contributed by atoms with Gasteiger partial charge >= 0.3 is 12.1 Å². The standard InChI is InChI=1S/C46H53N3O8S/c1-3-14-38(27-43(51)47-39(28-50)26-34-22-24-41(25-23-34)55-29-35-16-8-5-9-17-35)44(52)48-40(33-58-32-37-20-12-7-13-21-37)31-56-45(53)42(15-4-2)49-46(54)57-30-36-18-10-6-11-19-36/h3-13,16-25,38-40,42,50H,1-2,14-15,26-33H2,(H,47,51)(H,48,52)(H,49,54). The molecule has 4 atom stereocenters. The van der Waals surface area contributed by atoms with Gasteiger partial charge in [0.15, 0.2) is 0 Å². The highest BCUT2D eigenvalue weighted by Crippen LogP contribution is 2.18. The van der Waals surface area contributed by atoms with Gasteiger partial charge in [-0.2, -0.15) is 11.8 Å². The number of aliphatic hydroxyl groups excluding tert-OH is 1. The molecule has 0 aliphatic carbocycles. The minimum atomic E-state index is -1.06. The van der Waals surface area contributed by atoms with Crippen LogP contribution in [0.3, 0.4) is 0 Å². The number of benzene rings is 4. The fourth-order valence-corrected chi connectivity index (χ4v) is 6.83. The molecule has 4 N–H and O–H groups in total. The van der Waals surface area contributed by atoms with Crippen LogP contribution in [0, 0.1) is 5.92 Å². The van der Waals surface area contributed by atoms with E-state index in [1.54, 1.807) is 17.8 Å². The lowest BCUT2D eigenvalue weighted by Crippen LogP contribution is -2.47. The molecular weight excluding hydrogens is 755 g/mol. The number of thioether (sulfide) groups is 1. The summed E-state index contributed by atoms with van der Waals surface area (Å²) < 4.78 is 16.8. The van der Waals surface area contributed by atoms with Crippen LogP contribution in [-0.2, 0) is 49.2 Å². The molecule has 0 fully saturated rings. The number of nitrogens with one attached hydrogen (secondary N) is 3. The largest absolute Gasteiger partial charge is 0.489 e. The van der Waals surface area contributed by atoms with Crippen LogP contribution >= 0.6 is 11.8 Å². The first kappa shape index (κ1) is 44.9. The van der Waals surface area contributed by atoms with Crippen molar-refractivity contribution in [2.24, 2.45) is 5.92 Å². The number of ether oxygens (including phenoxy) is 3. The smallest absolute Gasteiger partial charge is 0.408 e. The summed E-state index contributed by atoms with van der Waals surface area (Å²) in [5, 5.41) is 18.5. The molecule has 0 aliphatic rings. The molecule has 58 heavy (non-hydrogen) atoms. The summed E-state index contributed by atoms with van der Waals surface area (Å²) in [6, 6.07) is 34.0. The van der Waals surface area contributed by atoms with Crippen LogP contribution in [0.4, 0.5) is 4.79 Å². The van der Waals surface area contributed by atoms with E-state index in [2.05, 4.69) is 29.1 Å². The summed E-state index contributed by atoms with van der Waals surface area (Å²) in [7, 11) is 0. The molecule has 11 nitrogen and oxygen atoms in total. The minimum Gasteiger partial charge on any atom is -0.489 e. The molecule has 0 saturated carbocycles. The van der Waals surface area contributed by atoms with Crippen molar-refractivity contribution in [1.29, 1.82) is 0 Å². The van der Waals surface area contributed by atoms with Crippen molar-refractivity contribution in [3.8, 4) is 5.75 Å². The van der Waals surface area contributed by atoms with Crippen LogP contribution in [0.5, 0.6) is 5.75 Å². The van der Waals surface area contributed by atoms with Crippen LogP contribution < -0.4 is 20.7 Å². The predicted octanol–water partition coefficient (Wildman–Crippen LogP) is 6.70. The van der Waals surface area contributed by atoms with E-state index < -0.39 is 47.9 Å². The second kappa shape index (κ2) is 25.4. The van der Waals surface area contributed by atoms with Gasteiger partial charge in [-0.1, -0.05) is 115 Å². The number of allylic oxidation sites excluding steroid dienone is 1. The lowest BCUT2D eigenvalue weighted by Gasteiger charge is -2.24. The fraction of sp³-hybridized carbons (Fsp3) is 0.304. The summed E-state index contributed by atoms with van der Waals surface area (Å²) in [5.41, 5.74) is 3.83. The van der Waals surface area contributed by atoms with Gasteiger partial charge in [0.25, 0.3) is 0 Å². The highest BCUT2D eigenvalue weighted by atomic mass is 32.2. The Kier molecular flexibility index (Phi) is 19.7. The predicted molar refractivity (Wildman–Crippen MR) is 227 cm³/mol. The lowest BCUT2D eigenvalue weighted by molar-refractivity contribution is -0.147. The van der Waals surface area contributed by atoms with E-state index in [0.29, 0.717) is 30.3 Å². The average molecular weight is 808 g/mol. The number of alkyl carbamates (subject to hydrolysis) is 1. The van der Waals surface area contributed by atoms with Crippen LogP contribution in [0.15, 0.2) is 141 Å². The molecule has 0 aliphatic heterocycles. The number of carbonyl (C=O) groups excluding carboxylic acids is 4. The second-order valence-electron chi connectivity index (χ2n) is 13.6. The van der Waals surface area contributed by atoms with Crippen LogP contribution in [0.1, 0.15) is 41.5 Å². The third kappa shape index (κ3) is 16.7. The molecule has 0 spiro atoms. The number of aliphatic hydroxyl groups is 1. The number of carbonyl (C=O) groups is 4. The number of hydrogen-bond acceptors (Lipinski definition) is 9. The normalized spacial score (nSPS) is 12.8. The zero-order chi connectivity index (χ0) is 41.4. The topological polar surface area (TPSA) is 152 Å². The first-order chi connectivity index (χ1) is 28.3. The molecule has 0 heterocycles. The summed E-state index contributed by atoms with van der Waals surface area (Å²) in [6.45, 7) is 7.46. The van der Waals surface area contributed by atoms with Gasteiger partial charge in [0.05, 0.1) is 24.6 Å². The minimum absolute atomic E-state index is 0.0271. The first-order valence-corrected chi connectivity index (χ1v) is 20.3. The van der Waals surface area contributed by atoms with E-state index in [-0.39, 0.29) is 39.1 Å². The van der Waals surface area contributed by atoms with Gasteiger partial charge in [-0.15, -0.1) is 13.2 Å². The van der Waals surface area contributed by atoms with Gasteiger partial charge in [0.2, 0.25) is 11.8 Å². The molecule has 306 valence electrons. The highest BCUT2D eigenvalue weighted by Gasteiger charge is 2.27. The third-order valence-electron chi connectivity index (χ3n) is 8.89. The molecule has 0 radical (unpaired) electrons. The SMILES string of the molecule is C=CCC(CC(=O)NC(CO)Cc1ccc(OCc2ccccc2)cc1)C(=O)NC(COC(=O)C(CC=C)NC(=O)OCc1ccccc1)CSCc1ccccc1. The molecule has 12 heteroatoms. The average Bonchev–Trinajstić information content (AvgIpc) is 3.25. The zero-order valence-corrected chi connectivity index (χ0v) is 33.4. The number of amides is 3. The maximum Gasteiger partial charge on any atom is 0.408 e. The van der Waals surface area contributed by atoms with Gasteiger partial charge < -0.3 is 35.3 Å². The Balaban J connectivity index is 1.32. The van der Waals surface area contributed by atoms with Crippen molar-refractivity contribution in [3.63, 3.8) is 0 Å². The molecule has 4 unspecified atom stereocenters. The third-order valence-corrected chi connectivity index (χ3v) is 10.1. The van der Waals surface area contributed by atoms with E-state index in [1.165, 1.54) is 6.08 Å². The van der Waals surface area contributed by atoms with Crippen LogP contribution in [0.25, 0.3) is 0 Å². The maximum atomic E-state index is 13.7. The molecule has 4 aromatic carbocycles. The summed E-state index contributed by atoms with van der Waals surface area (Å²) >= 11 is 1.55. The quantitative estimate of drug-likeness (QED) is 0.0424. The fourth-order valence-electron chi connectivity index (χ4n) is 5.82. The Hall–Kier alpha value is -5.85. The Morgan fingerprint density at radius 2 is 1.28 bits per heavy atom. The van der Waals surface area contributed by atoms with E-state index in [0.717, 1.165) is 22.3 Å². The highest BCUT2D eigenvalue weighted by molar-refractivity contribution is 7.98. The van der Waals surface area contributed by atoms with Crippen molar-refractivity contribution >= 4 is 35.6 Å². The summed E-state index contributed by atoms with van der Waals surface area (Å²) in [5.74, 6) is -0.549. The van der Waals surface area contributed by atoms with E-state index in [1.807, 2.05) is 115 Å².